The van der Waals surface area contributed by atoms with E-state index in [2.05, 4.69) is 15.1 Å². The SMILES string of the molecule is CCOC(=O)N1CCn2c(nc(-c3nc(C(F)(F)F)nn3Cc3ccc(OC)cc3)c2I)C1. The van der Waals surface area contributed by atoms with Gasteiger partial charge in [-0.3, -0.25) is 4.90 Å². The Hall–Kier alpha value is -2.84. The number of amides is 1. The first-order valence-electron chi connectivity index (χ1n) is 10.0. The lowest BCUT2D eigenvalue weighted by atomic mass is 10.2. The molecule has 0 spiro atoms. The molecule has 1 amide bonds. The van der Waals surface area contributed by atoms with Crippen LogP contribution in [0.3, 0.4) is 0 Å². The molecule has 0 N–H and O–H groups in total. The van der Waals surface area contributed by atoms with E-state index in [0.717, 1.165) is 5.56 Å². The number of halogens is 4. The predicted molar refractivity (Wildman–Crippen MR) is 118 cm³/mol. The number of hydrogen-bond acceptors (Lipinski definition) is 6. The fourth-order valence-corrected chi connectivity index (χ4v) is 4.34. The summed E-state index contributed by atoms with van der Waals surface area (Å²) < 4.78 is 54.2. The van der Waals surface area contributed by atoms with Crippen molar-refractivity contribution in [2.24, 2.45) is 0 Å². The summed E-state index contributed by atoms with van der Waals surface area (Å²) in [6.45, 7) is 3.07. The van der Waals surface area contributed by atoms with E-state index in [4.69, 9.17) is 9.47 Å². The summed E-state index contributed by atoms with van der Waals surface area (Å²) in [5.41, 5.74) is 1.01. The molecule has 4 rings (SSSR count). The van der Waals surface area contributed by atoms with E-state index in [0.29, 0.717) is 28.4 Å². The van der Waals surface area contributed by atoms with Crippen molar-refractivity contribution in [2.45, 2.75) is 32.7 Å². The number of nitrogens with zero attached hydrogens (tertiary/aromatic N) is 6. The lowest BCUT2D eigenvalue weighted by molar-refractivity contribution is -0.144. The molecule has 3 heterocycles. The van der Waals surface area contributed by atoms with Crippen LogP contribution in [0.4, 0.5) is 18.0 Å². The van der Waals surface area contributed by atoms with Gasteiger partial charge in [-0.05, 0) is 47.2 Å². The molecule has 0 atom stereocenters. The van der Waals surface area contributed by atoms with E-state index in [-0.39, 0.29) is 31.2 Å². The molecule has 1 aliphatic rings. The smallest absolute Gasteiger partial charge is 0.453 e. The highest BCUT2D eigenvalue weighted by atomic mass is 127. The maximum Gasteiger partial charge on any atom is 0.453 e. The molecule has 1 aromatic carbocycles. The summed E-state index contributed by atoms with van der Waals surface area (Å²) in [6, 6.07) is 6.94. The van der Waals surface area contributed by atoms with E-state index < -0.39 is 18.1 Å². The van der Waals surface area contributed by atoms with E-state index in [9.17, 15) is 18.0 Å². The molecular weight excluding hydrogens is 556 g/mol. The average molecular weight is 576 g/mol. The number of carbonyl (C=O) groups is 1. The lowest BCUT2D eigenvalue weighted by Gasteiger charge is -2.27. The van der Waals surface area contributed by atoms with Crippen molar-refractivity contribution in [3.63, 3.8) is 0 Å². The van der Waals surface area contributed by atoms with Gasteiger partial charge in [-0.15, -0.1) is 5.10 Å². The number of carbonyl (C=O) groups excluding carboxylic acids is 1. The molecule has 2 aromatic heterocycles. The normalized spacial score (nSPS) is 13.7. The molecule has 33 heavy (non-hydrogen) atoms. The second-order valence-corrected chi connectivity index (χ2v) is 8.22. The first-order valence-corrected chi connectivity index (χ1v) is 11.1. The molecule has 0 radical (unpaired) electrons. The summed E-state index contributed by atoms with van der Waals surface area (Å²) in [5.74, 6) is -0.0506. The van der Waals surface area contributed by atoms with Gasteiger partial charge in [0.05, 0.1) is 26.8 Å². The van der Waals surface area contributed by atoms with Crippen LogP contribution in [0.1, 0.15) is 24.1 Å². The van der Waals surface area contributed by atoms with Gasteiger partial charge in [0.15, 0.2) is 5.82 Å². The zero-order chi connectivity index (χ0) is 23.8. The number of fused-ring (bicyclic) bond motifs is 1. The maximum atomic E-state index is 13.4. The van der Waals surface area contributed by atoms with Gasteiger partial charge in [0.2, 0.25) is 0 Å². The van der Waals surface area contributed by atoms with Gasteiger partial charge in [-0.2, -0.15) is 13.2 Å². The van der Waals surface area contributed by atoms with Crippen molar-refractivity contribution < 1.29 is 27.4 Å². The van der Waals surface area contributed by atoms with Crippen LogP contribution < -0.4 is 4.74 Å². The first-order chi connectivity index (χ1) is 15.7. The van der Waals surface area contributed by atoms with Crippen molar-refractivity contribution in [1.29, 1.82) is 0 Å². The number of imidazole rings is 1. The largest absolute Gasteiger partial charge is 0.497 e. The Balaban J connectivity index is 1.71. The molecule has 9 nitrogen and oxygen atoms in total. The molecule has 0 unspecified atom stereocenters. The minimum atomic E-state index is -4.70. The minimum absolute atomic E-state index is 0.00660. The Labute approximate surface area is 200 Å². The first kappa shape index (κ1) is 23.3. The van der Waals surface area contributed by atoms with Gasteiger partial charge in [-0.1, -0.05) is 12.1 Å². The predicted octanol–water partition coefficient (Wildman–Crippen LogP) is 3.79. The molecule has 0 bridgehead atoms. The Bertz CT molecular complexity index is 1160. The number of hydrogen-bond donors (Lipinski definition) is 0. The van der Waals surface area contributed by atoms with Crippen molar-refractivity contribution in [3.05, 3.63) is 45.2 Å². The van der Waals surface area contributed by atoms with E-state index in [1.807, 2.05) is 27.2 Å². The number of rotatable bonds is 5. The summed E-state index contributed by atoms with van der Waals surface area (Å²) >= 11 is 2.04. The Morgan fingerprint density at radius 1 is 1.18 bits per heavy atom. The monoisotopic (exact) mass is 576 g/mol. The van der Waals surface area contributed by atoms with Crippen LogP contribution in [0.5, 0.6) is 5.75 Å². The van der Waals surface area contributed by atoms with Gasteiger partial charge in [0, 0.05) is 13.1 Å². The highest BCUT2D eigenvalue weighted by Crippen LogP contribution is 2.32. The molecule has 3 aromatic rings. The minimum Gasteiger partial charge on any atom is -0.497 e. The maximum absolute atomic E-state index is 13.4. The molecule has 13 heteroatoms. The zero-order valence-electron chi connectivity index (χ0n) is 17.8. The highest BCUT2D eigenvalue weighted by Gasteiger charge is 2.38. The van der Waals surface area contributed by atoms with Crippen molar-refractivity contribution in [3.8, 4) is 17.3 Å². The third-order valence-electron chi connectivity index (χ3n) is 5.07. The van der Waals surface area contributed by atoms with Crippen LogP contribution in [0.25, 0.3) is 11.5 Å². The second-order valence-electron chi connectivity index (χ2n) is 7.20. The summed E-state index contributed by atoms with van der Waals surface area (Å²) in [6.07, 6.45) is -5.16. The van der Waals surface area contributed by atoms with Crippen LogP contribution >= 0.6 is 22.6 Å². The quantitative estimate of drug-likeness (QED) is 0.430. The Morgan fingerprint density at radius 2 is 1.91 bits per heavy atom. The average Bonchev–Trinajstić information content (AvgIpc) is 3.35. The molecule has 0 fully saturated rings. The number of benzene rings is 1. The van der Waals surface area contributed by atoms with Gasteiger partial charge in [-0.25, -0.2) is 19.4 Å². The van der Waals surface area contributed by atoms with Crippen LogP contribution in [-0.2, 0) is 30.5 Å². The summed E-state index contributed by atoms with van der Waals surface area (Å²) in [7, 11) is 1.53. The van der Waals surface area contributed by atoms with E-state index in [1.54, 1.807) is 31.2 Å². The molecule has 0 aliphatic carbocycles. The molecular formula is C20H20F3IN6O3. The third kappa shape index (κ3) is 4.77. The third-order valence-corrected chi connectivity index (χ3v) is 6.16. The summed E-state index contributed by atoms with van der Waals surface area (Å²) in [4.78, 5) is 21.9. The molecule has 0 saturated carbocycles. The fourth-order valence-electron chi connectivity index (χ4n) is 3.46. The second kappa shape index (κ2) is 9.19. The topological polar surface area (TPSA) is 87.3 Å². The molecule has 1 aliphatic heterocycles. The number of aromatic nitrogens is 5. The van der Waals surface area contributed by atoms with Gasteiger partial charge < -0.3 is 14.0 Å². The van der Waals surface area contributed by atoms with Crippen molar-refractivity contribution in [1.82, 2.24) is 29.2 Å². The summed E-state index contributed by atoms with van der Waals surface area (Å²) in [5, 5.41) is 3.72. The number of ether oxygens (including phenoxy) is 2. The van der Waals surface area contributed by atoms with E-state index in [1.165, 1.54) is 16.7 Å². The van der Waals surface area contributed by atoms with Crippen LogP contribution in [-0.4, -0.2) is 55.6 Å². The number of alkyl halides is 3. The van der Waals surface area contributed by atoms with Crippen LogP contribution in [0, 0.1) is 3.70 Å². The Kier molecular flexibility index (Phi) is 6.50. The lowest BCUT2D eigenvalue weighted by Crippen LogP contribution is -2.39. The van der Waals surface area contributed by atoms with Gasteiger partial charge in [0.1, 0.15) is 21.0 Å². The van der Waals surface area contributed by atoms with Gasteiger partial charge in [0.25, 0.3) is 5.82 Å². The van der Waals surface area contributed by atoms with Gasteiger partial charge >= 0.3 is 12.3 Å². The zero-order valence-corrected chi connectivity index (χ0v) is 19.9. The highest BCUT2D eigenvalue weighted by molar-refractivity contribution is 14.1. The van der Waals surface area contributed by atoms with E-state index >= 15 is 0 Å². The van der Waals surface area contributed by atoms with Crippen molar-refractivity contribution in [2.75, 3.05) is 20.3 Å². The van der Waals surface area contributed by atoms with Crippen LogP contribution in [0.15, 0.2) is 24.3 Å². The van der Waals surface area contributed by atoms with Crippen molar-refractivity contribution >= 4 is 28.7 Å². The standard InChI is InChI=1S/C20H20F3IN6O3/c1-3-33-19(31)28-8-9-29-14(11-28)25-15(16(29)24)17-26-18(20(21,22)23)27-30(17)10-12-4-6-13(32-2)7-5-12/h4-7H,3,8-11H2,1-2H3. The van der Waals surface area contributed by atoms with Crippen LogP contribution in [0.2, 0.25) is 0 Å². The fraction of sp³-hybridized carbons (Fsp3) is 0.400. The number of methoxy groups -OCH3 is 1. The Morgan fingerprint density at radius 3 is 2.55 bits per heavy atom. The molecule has 176 valence electrons. The molecule has 0 saturated heterocycles.